The van der Waals surface area contributed by atoms with Crippen molar-refractivity contribution < 1.29 is 14.9 Å². The minimum absolute atomic E-state index is 0.109. The van der Waals surface area contributed by atoms with E-state index in [4.69, 9.17) is 15.5 Å². The molecule has 0 spiro atoms. The molecule has 0 amide bonds. The van der Waals surface area contributed by atoms with Crippen LogP contribution in [0.25, 0.3) is 22.1 Å². The number of anilines is 1. The third kappa shape index (κ3) is 4.98. The molecule has 0 bridgehead atoms. The monoisotopic (exact) mass is 547 g/mol. The summed E-state index contributed by atoms with van der Waals surface area (Å²) in [5.74, 6) is 2.09. The molecular formula is C30H41N7O3. The fourth-order valence-electron chi connectivity index (χ4n) is 6.29. The molecule has 1 aliphatic carbocycles. The molecule has 4 heterocycles. The second kappa shape index (κ2) is 10.4. The Labute approximate surface area is 234 Å². The second-order valence-electron chi connectivity index (χ2n) is 12.5. The van der Waals surface area contributed by atoms with E-state index in [1.807, 2.05) is 6.07 Å². The number of nitrogens with one attached hydrogen (secondary N) is 1. The molecule has 1 aromatic carbocycles. The van der Waals surface area contributed by atoms with E-state index in [9.17, 15) is 10.2 Å². The van der Waals surface area contributed by atoms with E-state index < -0.39 is 24.5 Å². The molecule has 1 saturated heterocycles. The SMILES string of the molecule is CCN(C[C@H]1O[C@@H](n2ccc3c(N)ncnc32)[C@H](O)[C@@H]1O)[C@H]1C[C@@H](CCc2nc3cc(C(C)(C)C)ccc3[nH]2)C1. The maximum absolute atomic E-state index is 10.9. The van der Waals surface area contributed by atoms with E-state index in [1.54, 1.807) is 10.8 Å². The fourth-order valence-corrected chi connectivity index (χ4v) is 6.29. The van der Waals surface area contributed by atoms with Crippen LogP contribution in [-0.4, -0.2) is 77.1 Å². The van der Waals surface area contributed by atoms with Crippen LogP contribution >= 0.6 is 0 Å². The summed E-state index contributed by atoms with van der Waals surface area (Å²) in [6.07, 6.45) is 4.18. The number of aromatic nitrogens is 5. The molecule has 1 saturated carbocycles. The van der Waals surface area contributed by atoms with Gasteiger partial charge in [0.1, 0.15) is 41.9 Å². The smallest absolute Gasteiger partial charge is 0.164 e. The average molecular weight is 548 g/mol. The topological polar surface area (TPSA) is 138 Å². The Kier molecular flexibility index (Phi) is 7.06. The number of nitrogen functional groups attached to an aromatic ring is 1. The lowest BCUT2D eigenvalue weighted by Crippen LogP contribution is -2.49. The van der Waals surface area contributed by atoms with Crippen LogP contribution in [-0.2, 0) is 16.6 Å². The summed E-state index contributed by atoms with van der Waals surface area (Å²) < 4.78 is 7.96. The molecule has 214 valence electrons. The molecular weight excluding hydrogens is 506 g/mol. The van der Waals surface area contributed by atoms with Crippen molar-refractivity contribution in [1.29, 1.82) is 0 Å². The van der Waals surface area contributed by atoms with Gasteiger partial charge in [0.25, 0.3) is 0 Å². The van der Waals surface area contributed by atoms with Crippen LogP contribution in [0.4, 0.5) is 5.82 Å². The molecule has 4 atom stereocenters. The van der Waals surface area contributed by atoms with Crippen molar-refractivity contribution in [1.82, 2.24) is 29.4 Å². The lowest BCUT2D eigenvalue weighted by atomic mass is 9.76. The molecule has 4 aromatic rings. The van der Waals surface area contributed by atoms with Crippen LogP contribution in [0.1, 0.15) is 64.6 Å². The average Bonchev–Trinajstić information content (AvgIpc) is 3.58. The molecule has 1 aliphatic heterocycles. The first-order valence-corrected chi connectivity index (χ1v) is 14.4. The molecule has 10 nitrogen and oxygen atoms in total. The predicted octanol–water partition coefficient (Wildman–Crippen LogP) is 3.54. The highest BCUT2D eigenvalue weighted by molar-refractivity contribution is 5.86. The van der Waals surface area contributed by atoms with Gasteiger partial charge in [-0.05, 0) is 60.9 Å². The van der Waals surface area contributed by atoms with Crippen molar-refractivity contribution >= 4 is 27.9 Å². The standard InChI is InChI=1S/C30H41N7O3/c1-5-36(15-23-25(38)26(39)29(40-23)37-11-10-20-27(31)32-16-33-28(20)37)19-12-17(13-19)6-9-24-34-21-8-7-18(30(2,3)4)14-22(21)35-24/h7-8,10-11,14,16-17,19,23,25-26,29,38-39H,5-6,9,12-13,15H2,1-4H3,(H,34,35)(H2,31,32,33)/t17-,19+,23-,25-,26-,29-/m1/s1. The number of H-pyrrole nitrogens is 1. The first kappa shape index (κ1) is 27.1. The Bertz CT molecular complexity index is 1490. The number of nitrogens with two attached hydrogens (primary N) is 1. The highest BCUT2D eigenvalue weighted by atomic mass is 16.6. The van der Waals surface area contributed by atoms with Crippen LogP contribution in [0.3, 0.4) is 0 Å². The van der Waals surface area contributed by atoms with Crippen LogP contribution in [0.2, 0.25) is 0 Å². The van der Waals surface area contributed by atoms with Gasteiger partial charge in [-0.25, -0.2) is 15.0 Å². The Hall–Kier alpha value is -3.05. The number of aryl methyl sites for hydroxylation is 1. The molecule has 0 unspecified atom stereocenters. The molecule has 6 rings (SSSR count). The summed E-state index contributed by atoms with van der Waals surface area (Å²) in [6.45, 7) is 10.3. The van der Waals surface area contributed by atoms with Gasteiger partial charge in [-0.3, -0.25) is 4.90 Å². The highest BCUT2D eigenvalue weighted by Gasteiger charge is 2.46. The van der Waals surface area contributed by atoms with E-state index in [-0.39, 0.29) is 5.41 Å². The second-order valence-corrected chi connectivity index (χ2v) is 12.5. The number of nitrogens with zero attached hydrogens (tertiary/aromatic N) is 5. The Morgan fingerprint density at radius 2 is 1.95 bits per heavy atom. The van der Waals surface area contributed by atoms with Gasteiger partial charge >= 0.3 is 0 Å². The van der Waals surface area contributed by atoms with Gasteiger partial charge in [-0.15, -0.1) is 0 Å². The molecule has 2 fully saturated rings. The lowest BCUT2D eigenvalue weighted by molar-refractivity contribution is -0.0548. The molecule has 3 aromatic heterocycles. The summed E-state index contributed by atoms with van der Waals surface area (Å²) in [6, 6.07) is 8.80. The third-order valence-corrected chi connectivity index (χ3v) is 8.89. The largest absolute Gasteiger partial charge is 0.387 e. The van der Waals surface area contributed by atoms with E-state index in [2.05, 4.69) is 65.7 Å². The number of aliphatic hydroxyl groups is 2. The number of likely N-dealkylation sites (N-methyl/N-ethyl adjacent to an activating group) is 1. The van der Waals surface area contributed by atoms with Crippen molar-refractivity contribution in [3.8, 4) is 0 Å². The zero-order valence-electron chi connectivity index (χ0n) is 23.8. The number of benzene rings is 1. The van der Waals surface area contributed by atoms with Crippen molar-refractivity contribution in [2.45, 2.75) is 89.4 Å². The summed E-state index contributed by atoms with van der Waals surface area (Å²) in [7, 11) is 0. The quantitative estimate of drug-likeness (QED) is 0.263. The first-order valence-electron chi connectivity index (χ1n) is 14.4. The van der Waals surface area contributed by atoms with Crippen LogP contribution in [0, 0.1) is 5.92 Å². The summed E-state index contributed by atoms with van der Waals surface area (Å²) >= 11 is 0. The number of rotatable bonds is 8. The number of aromatic amines is 1. The Balaban J connectivity index is 1.03. The van der Waals surface area contributed by atoms with Gasteiger partial charge in [0.15, 0.2) is 6.23 Å². The van der Waals surface area contributed by atoms with Gasteiger partial charge in [-0.1, -0.05) is 33.8 Å². The van der Waals surface area contributed by atoms with Gasteiger partial charge in [0.05, 0.1) is 16.4 Å². The normalized spacial score (nSPS) is 27.2. The van der Waals surface area contributed by atoms with Crippen LogP contribution in [0.15, 0.2) is 36.8 Å². The van der Waals surface area contributed by atoms with Gasteiger partial charge < -0.3 is 30.2 Å². The summed E-state index contributed by atoms with van der Waals surface area (Å²) in [4.78, 5) is 19.1. The zero-order valence-corrected chi connectivity index (χ0v) is 23.8. The van der Waals surface area contributed by atoms with Crippen molar-refractivity contribution in [3.63, 3.8) is 0 Å². The minimum atomic E-state index is -1.06. The first-order chi connectivity index (χ1) is 19.1. The van der Waals surface area contributed by atoms with Crippen molar-refractivity contribution in [2.24, 2.45) is 5.92 Å². The Morgan fingerprint density at radius 3 is 2.70 bits per heavy atom. The number of imidazole rings is 1. The minimum Gasteiger partial charge on any atom is -0.387 e. The van der Waals surface area contributed by atoms with Crippen molar-refractivity contribution in [3.05, 3.63) is 48.2 Å². The predicted molar refractivity (Wildman–Crippen MR) is 155 cm³/mol. The molecule has 2 aliphatic rings. The third-order valence-electron chi connectivity index (χ3n) is 8.89. The maximum atomic E-state index is 10.9. The number of hydrogen-bond donors (Lipinski definition) is 4. The van der Waals surface area contributed by atoms with Gasteiger partial charge in [0.2, 0.25) is 0 Å². The molecule has 0 radical (unpaired) electrons. The summed E-state index contributed by atoms with van der Waals surface area (Å²) in [5, 5.41) is 22.4. The van der Waals surface area contributed by atoms with Gasteiger partial charge in [-0.2, -0.15) is 0 Å². The van der Waals surface area contributed by atoms with Crippen molar-refractivity contribution in [2.75, 3.05) is 18.8 Å². The number of aliphatic hydroxyl groups excluding tert-OH is 2. The number of fused-ring (bicyclic) bond motifs is 2. The lowest BCUT2D eigenvalue weighted by Gasteiger charge is -2.43. The van der Waals surface area contributed by atoms with E-state index >= 15 is 0 Å². The fraction of sp³-hybridized carbons (Fsp3) is 0.567. The van der Waals surface area contributed by atoms with Crippen LogP contribution in [0.5, 0.6) is 0 Å². The molecule has 10 heteroatoms. The highest BCUT2D eigenvalue weighted by Crippen LogP contribution is 2.38. The van der Waals surface area contributed by atoms with Gasteiger partial charge in [0, 0.05) is 25.2 Å². The molecule has 40 heavy (non-hydrogen) atoms. The maximum Gasteiger partial charge on any atom is 0.164 e. The van der Waals surface area contributed by atoms with Crippen LogP contribution < -0.4 is 5.73 Å². The van der Waals surface area contributed by atoms with E-state index in [1.165, 1.54) is 11.9 Å². The zero-order chi connectivity index (χ0) is 28.2. The molecule has 5 N–H and O–H groups in total. The van der Waals surface area contributed by atoms with E-state index in [0.717, 1.165) is 49.1 Å². The summed E-state index contributed by atoms with van der Waals surface area (Å²) in [5.41, 5.74) is 10.1. The Morgan fingerprint density at radius 1 is 1.15 bits per heavy atom. The number of hydrogen-bond acceptors (Lipinski definition) is 8. The number of ether oxygens (including phenoxy) is 1. The van der Waals surface area contributed by atoms with E-state index in [0.29, 0.717) is 35.4 Å².